The number of benzene rings is 1. The first-order chi connectivity index (χ1) is 15.9. The zero-order valence-electron chi connectivity index (χ0n) is 19.7. The lowest BCUT2D eigenvalue weighted by atomic mass is 9.95. The number of hydrogen-bond donors (Lipinski definition) is 1. The Labute approximate surface area is 195 Å². The van der Waals surface area contributed by atoms with Crippen LogP contribution in [0.1, 0.15) is 46.3 Å². The highest BCUT2D eigenvalue weighted by Gasteiger charge is 2.24. The molecule has 7 nitrogen and oxygen atoms in total. The SMILES string of the molecule is Cc1cc(C)n(-c2ccc(C(=O)N(C)CC3CCN(CC(O)c4ccccc4)CC3)cn2)n1. The Kier molecular flexibility index (Phi) is 7.20. The Morgan fingerprint density at radius 3 is 2.48 bits per heavy atom. The molecule has 1 aliphatic heterocycles. The van der Waals surface area contributed by atoms with Gasteiger partial charge in [0.1, 0.15) is 0 Å². The van der Waals surface area contributed by atoms with Crippen molar-refractivity contribution in [3.05, 3.63) is 77.2 Å². The number of β-amino-alcohol motifs (C(OH)–C–C–N with tert-alkyl or cyclic N) is 1. The van der Waals surface area contributed by atoms with Gasteiger partial charge in [-0.05, 0) is 69.5 Å². The van der Waals surface area contributed by atoms with Crippen molar-refractivity contribution in [2.75, 3.05) is 33.2 Å². The second-order valence-electron chi connectivity index (χ2n) is 9.10. The van der Waals surface area contributed by atoms with E-state index in [1.165, 1.54) is 0 Å². The first kappa shape index (κ1) is 23.1. The van der Waals surface area contributed by atoms with Crippen molar-refractivity contribution >= 4 is 5.91 Å². The molecule has 1 atom stereocenters. The van der Waals surface area contributed by atoms with E-state index in [0.29, 0.717) is 23.8 Å². The molecule has 1 aromatic carbocycles. The van der Waals surface area contributed by atoms with Crippen LogP contribution in [0, 0.1) is 19.8 Å². The van der Waals surface area contributed by atoms with Gasteiger partial charge < -0.3 is 14.9 Å². The standard InChI is InChI=1S/C26H33N5O2/c1-19-15-20(2)31(28-19)25-10-9-23(16-27-25)26(33)29(3)17-21-11-13-30(14-12-21)18-24(32)22-7-5-4-6-8-22/h4-10,15-16,21,24,32H,11-14,17-18H2,1-3H3. The van der Waals surface area contributed by atoms with Crippen molar-refractivity contribution < 1.29 is 9.90 Å². The highest BCUT2D eigenvalue weighted by Crippen LogP contribution is 2.22. The predicted molar refractivity (Wildman–Crippen MR) is 128 cm³/mol. The number of piperidine rings is 1. The largest absolute Gasteiger partial charge is 0.387 e. The summed E-state index contributed by atoms with van der Waals surface area (Å²) in [7, 11) is 1.86. The average Bonchev–Trinajstić information content (AvgIpc) is 3.18. The number of pyridine rings is 1. The highest BCUT2D eigenvalue weighted by molar-refractivity contribution is 5.93. The van der Waals surface area contributed by atoms with Crippen LogP contribution >= 0.6 is 0 Å². The van der Waals surface area contributed by atoms with Crippen molar-refractivity contribution in [2.24, 2.45) is 5.92 Å². The molecule has 7 heteroatoms. The fourth-order valence-corrected chi connectivity index (χ4v) is 4.57. The minimum absolute atomic E-state index is 0.00986. The second-order valence-corrected chi connectivity index (χ2v) is 9.10. The van der Waals surface area contributed by atoms with E-state index in [1.807, 2.05) is 69.4 Å². The van der Waals surface area contributed by atoms with Crippen LogP contribution in [0.4, 0.5) is 0 Å². The zero-order valence-corrected chi connectivity index (χ0v) is 19.7. The van der Waals surface area contributed by atoms with Crippen molar-refractivity contribution in [1.82, 2.24) is 24.6 Å². The molecule has 1 N–H and O–H groups in total. The third-order valence-electron chi connectivity index (χ3n) is 6.42. The predicted octanol–water partition coefficient (Wildman–Crippen LogP) is 3.40. The monoisotopic (exact) mass is 447 g/mol. The minimum Gasteiger partial charge on any atom is -0.387 e. The molecular formula is C26H33N5O2. The molecule has 1 fully saturated rings. The maximum Gasteiger partial charge on any atom is 0.255 e. The maximum absolute atomic E-state index is 12.9. The van der Waals surface area contributed by atoms with Crippen molar-refractivity contribution in [1.29, 1.82) is 0 Å². The van der Waals surface area contributed by atoms with E-state index < -0.39 is 6.10 Å². The molecule has 3 aromatic rings. The number of aliphatic hydroxyl groups excluding tert-OH is 1. The van der Waals surface area contributed by atoms with Crippen LogP contribution in [0.3, 0.4) is 0 Å². The molecule has 1 unspecified atom stereocenters. The molecule has 1 amide bonds. The van der Waals surface area contributed by atoms with Gasteiger partial charge in [0.05, 0.1) is 17.4 Å². The normalized spacial score (nSPS) is 16.0. The van der Waals surface area contributed by atoms with Crippen LogP contribution < -0.4 is 0 Å². The lowest BCUT2D eigenvalue weighted by molar-refractivity contribution is 0.0681. The number of nitrogens with zero attached hydrogens (tertiary/aromatic N) is 5. The van der Waals surface area contributed by atoms with Gasteiger partial charge in [-0.1, -0.05) is 30.3 Å². The molecule has 174 valence electrons. The first-order valence-electron chi connectivity index (χ1n) is 11.6. The van der Waals surface area contributed by atoms with E-state index in [-0.39, 0.29) is 5.91 Å². The molecule has 0 bridgehead atoms. The lowest BCUT2D eigenvalue weighted by Crippen LogP contribution is -2.40. The number of carbonyl (C=O) groups is 1. The van der Waals surface area contributed by atoms with Gasteiger partial charge in [0.25, 0.3) is 5.91 Å². The molecule has 0 spiro atoms. The summed E-state index contributed by atoms with van der Waals surface area (Å²) in [6.45, 7) is 7.20. The van der Waals surface area contributed by atoms with Crippen molar-refractivity contribution in [3.63, 3.8) is 0 Å². The van der Waals surface area contributed by atoms with Crippen molar-refractivity contribution in [2.45, 2.75) is 32.8 Å². The highest BCUT2D eigenvalue weighted by atomic mass is 16.3. The summed E-state index contributed by atoms with van der Waals surface area (Å²) < 4.78 is 1.79. The molecule has 0 aliphatic carbocycles. The van der Waals surface area contributed by atoms with E-state index in [1.54, 1.807) is 15.8 Å². The number of aromatic nitrogens is 3. The van der Waals surface area contributed by atoms with E-state index >= 15 is 0 Å². The summed E-state index contributed by atoms with van der Waals surface area (Å²) in [5, 5.41) is 14.9. The van der Waals surface area contributed by atoms with Crippen LogP contribution in [0.2, 0.25) is 0 Å². The Balaban J connectivity index is 1.27. The van der Waals surface area contributed by atoms with E-state index in [4.69, 9.17) is 0 Å². The van der Waals surface area contributed by atoms with Gasteiger partial charge in [-0.15, -0.1) is 0 Å². The van der Waals surface area contributed by atoms with Gasteiger partial charge >= 0.3 is 0 Å². The second kappa shape index (κ2) is 10.3. The summed E-state index contributed by atoms with van der Waals surface area (Å²) in [6.07, 6.45) is 3.22. The maximum atomic E-state index is 12.9. The number of rotatable bonds is 7. The summed E-state index contributed by atoms with van der Waals surface area (Å²) >= 11 is 0. The van der Waals surface area contributed by atoms with Crippen LogP contribution in [-0.2, 0) is 0 Å². The summed E-state index contributed by atoms with van der Waals surface area (Å²) in [4.78, 5) is 21.5. The number of aryl methyl sites for hydroxylation is 2. The molecule has 1 saturated heterocycles. The molecule has 0 saturated carbocycles. The Hall–Kier alpha value is -3.03. The van der Waals surface area contributed by atoms with Gasteiger partial charge in [0, 0.05) is 32.0 Å². The van der Waals surface area contributed by atoms with Gasteiger partial charge in [-0.2, -0.15) is 5.10 Å². The Morgan fingerprint density at radius 1 is 1.15 bits per heavy atom. The van der Waals surface area contributed by atoms with E-state index in [0.717, 1.165) is 49.4 Å². The van der Waals surface area contributed by atoms with E-state index in [2.05, 4.69) is 15.0 Å². The Bertz CT molecular complexity index is 1060. The molecule has 3 heterocycles. The third kappa shape index (κ3) is 5.67. The smallest absolute Gasteiger partial charge is 0.255 e. The minimum atomic E-state index is -0.461. The van der Waals surface area contributed by atoms with Crippen LogP contribution in [0.15, 0.2) is 54.7 Å². The van der Waals surface area contributed by atoms with Crippen LogP contribution in [0.25, 0.3) is 5.82 Å². The molecule has 4 rings (SSSR count). The summed E-state index contributed by atoms with van der Waals surface area (Å²) in [5.41, 5.74) is 3.50. The van der Waals surface area contributed by atoms with Gasteiger partial charge in [-0.3, -0.25) is 4.79 Å². The molecule has 1 aliphatic rings. The summed E-state index contributed by atoms with van der Waals surface area (Å²) in [5.74, 6) is 1.17. The fourth-order valence-electron chi connectivity index (χ4n) is 4.57. The third-order valence-corrected chi connectivity index (χ3v) is 6.42. The number of hydrogen-bond acceptors (Lipinski definition) is 5. The van der Waals surface area contributed by atoms with Gasteiger partial charge in [0.15, 0.2) is 5.82 Å². The van der Waals surface area contributed by atoms with Crippen molar-refractivity contribution in [3.8, 4) is 5.82 Å². The van der Waals surface area contributed by atoms with Gasteiger partial charge in [-0.25, -0.2) is 9.67 Å². The van der Waals surface area contributed by atoms with Crippen LogP contribution in [-0.4, -0.2) is 68.8 Å². The molecule has 33 heavy (non-hydrogen) atoms. The average molecular weight is 448 g/mol. The number of amides is 1. The molecular weight excluding hydrogens is 414 g/mol. The molecule has 0 radical (unpaired) electrons. The van der Waals surface area contributed by atoms with Crippen LogP contribution in [0.5, 0.6) is 0 Å². The van der Waals surface area contributed by atoms with Gasteiger partial charge in [0.2, 0.25) is 0 Å². The fraction of sp³-hybridized carbons (Fsp3) is 0.423. The molecule has 2 aromatic heterocycles. The number of aliphatic hydroxyl groups is 1. The quantitative estimate of drug-likeness (QED) is 0.601. The summed E-state index contributed by atoms with van der Waals surface area (Å²) in [6, 6.07) is 15.5. The number of carbonyl (C=O) groups excluding carboxylic acids is 1. The topological polar surface area (TPSA) is 74.5 Å². The number of likely N-dealkylation sites (tertiary alicyclic amines) is 1. The first-order valence-corrected chi connectivity index (χ1v) is 11.6. The van der Waals surface area contributed by atoms with E-state index in [9.17, 15) is 9.90 Å². The lowest BCUT2D eigenvalue weighted by Gasteiger charge is -2.34. The zero-order chi connectivity index (χ0) is 23.4. The Morgan fingerprint density at radius 2 is 1.88 bits per heavy atom.